The van der Waals surface area contributed by atoms with Crippen LogP contribution in [0.2, 0.25) is 0 Å². The summed E-state index contributed by atoms with van der Waals surface area (Å²) in [7, 11) is 0. The number of aryl methyl sites for hydroxylation is 1. The summed E-state index contributed by atoms with van der Waals surface area (Å²) in [6, 6.07) is 6.19. The van der Waals surface area contributed by atoms with Crippen LogP contribution in [0.1, 0.15) is 24.6 Å². The van der Waals surface area contributed by atoms with Gasteiger partial charge in [0.15, 0.2) is 0 Å². The van der Waals surface area contributed by atoms with Crippen LogP contribution in [-0.4, -0.2) is 21.5 Å². The Kier molecular flexibility index (Phi) is 4.49. The number of rotatable bonds is 5. The van der Waals surface area contributed by atoms with Crippen molar-refractivity contribution in [2.75, 3.05) is 6.54 Å². The molecule has 0 aliphatic heterocycles. The van der Waals surface area contributed by atoms with Gasteiger partial charge in [0.05, 0.1) is 17.6 Å². The lowest BCUT2D eigenvalue weighted by atomic mass is 10.2. The van der Waals surface area contributed by atoms with Crippen LogP contribution >= 0.6 is 15.9 Å². The van der Waals surface area contributed by atoms with Crippen molar-refractivity contribution in [2.45, 2.75) is 26.8 Å². The van der Waals surface area contributed by atoms with Gasteiger partial charge in [-0.3, -0.25) is 0 Å². The Labute approximate surface area is 116 Å². The molecule has 0 saturated carbocycles. The van der Waals surface area contributed by atoms with E-state index in [-0.39, 0.29) is 0 Å². The van der Waals surface area contributed by atoms with Gasteiger partial charge in [0.2, 0.25) is 0 Å². The van der Waals surface area contributed by atoms with E-state index in [1.807, 2.05) is 12.3 Å². The molecule has 4 nitrogen and oxygen atoms in total. The van der Waals surface area contributed by atoms with E-state index >= 15 is 0 Å². The highest BCUT2D eigenvalue weighted by molar-refractivity contribution is 9.10. The van der Waals surface area contributed by atoms with Crippen molar-refractivity contribution < 1.29 is 0 Å². The highest BCUT2D eigenvalue weighted by Gasteiger charge is 2.03. The molecule has 1 aromatic heterocycles. The van der Waals surface area contributed by atoms with Gasteiger partial charge in [-0.15, -0.1) is 5.10 Å². The minimum absolute atomic E-state index is 0.765. The Morgan fingerprint density at radius 3 is 2.89 bits per heavy atom. The van der Waals surface area contributed by atoms with Gasteiger partial charge >= 0.3 is 0 Å². The molecule has 5 heteroatoms. The molecule has 0 spiro atoms. The number of nitrogens with zero attached hydrogens (tertiary/aromatic N) is 3. The van der Waals surface area contributed by atoms with Crippen molar-refractivity contribution >= 4 is 15.9 Å². The summed E-state index contributed by atoms with van der Waals surface area (Å²) >= 11 is 3.49. The first-order chi connectivity index (χ1) is 8.69. The first-order valence-electron chi connectivity index (χ1n) is 6.08. The molecule has 0 aliphatic carbocycles. The zero-order chi connectivity index (χ0) is 13.0. The second kappa shape index (κ2) is 6.11. The maximum Gasteiger partial charge on any atom is 0.0969 e. The Bertz CT molecular complexity index is 501. The van der Waals surface area contributed by atoms with Crippen molar-refractivity contribution in [3.63, 3.8) is 0 Å². The zero-order valence-corrected chi connectivity index (χ0v) is 12.2. The van der Waals surface area contributed by atoms with E-state index in [0.717, 1.165) is 35.4 Å². The molecule has 1 N–H and O–H groups in total. The first-order valence-corrected chi connectivity index (χ1v) is 6.88. The van der Waals surface area contributed by atoms with Crippen molar-refractivity contribution in [1.29, 1.82) is 0 Å². The molecule has 0 unspecified atom stereocenters. The van der Waals surface area contributed by atoms with Gasteiger partial charge in [-0.2, -0.15) is 0 Å². The maximum atomic E-state index is 4.16. The molecule has 2 rings (SSSR count). The van der Waals surface area contributed by atoms with E-state index in [1.165, 1.54) is 5.56 Å². The van der Waals surface area contributed by atoms with E-state index in [1.54, 1.807) is 4.68 Å². The monoisotopic (exact) mass is 308 g/mol. The summed E-state index contributed by atoms with van der Waals surface area (Å²) in [4.78, 5) is 0. The predicted molar refractivity (Wildman–Crippen MR) is 75.8 cm³/mol. The van der Waals surface area contributed by atoms with Gasteiger partial charge in [0.25, 0.3) is 0 Å². The molecule has 2 aromatic rings. The minimum atomic E-state index is 0.765. The standard InChI is InChI=1S/C13H17BrN4/c1-3-4-15-8-12-9-18(17-16-12)13-6-10(2)5-11(14)7-13/h5-7,9,15H,3-4,8H2,1-2H3. The molecular weight excluding hydrogens is 292 g/mol. The highest BCUT2D eigenvalue weighted by Crippen LogP contribution is 2.17. The molecular formula is C13H17BrN4. The lowest BCUT2D eigenvalue weighted by Gasteiger charge is -2.02. The van der Waals surface area contributed by atoms with Crippen LogP contribution in [0.25, 0.3) is 5.69 Å². The van der Waals surface area contributed by atoms with Gasteiger partial charge in [-0.05, 0) is 43.7 Å². The third-order valence-corrected chi connectivity index (χ3v) is 3.02. The summed E-state index contributed by atoms with van der Waals surface area (Å²) in [5.41, 5.74) is 3.18. The van der Waals surface area contributed by atoms with Crippen LogP contribution in [0, 0.1) is 6.92 Å². The predicted octanol–water partition coefficient (Wildman–Crippen LogP) is 2.84. The molecule has 0 fully saturated rings. The minimum Gasteiger partial charge on any atom is -0.311 e. The summed E-state index contributed by atoms with van der Waals surface area (Å²) < 4.78 is 2.86. The molecule has 0 aliphatic rings. The van der Waals surface area contributed by atoms with E-state index in [4.69, 9.17) is 0 Å². The maximum absolute atomic E-state index is 4.16. The summed E-state index contributed by atoms with van der Waals surface area (Å²) in [5, 5.41) is 11.6. The molecule has 18 heavy (non-hydrogen) atoms. The van der Waals surface area contributed by atoms with E-state index in [2.05, 4.69) is 57.5 Å². The average Bonchev–Trinajstić information content (AvgIpc) is 2.77. The molecule has 0 saturated heterocycles. The van der Waals surface area contributed by atoms with Crippen molar-refractivity contribution in [1.82, 2.24) is 20.3 Å². The molecule has 0 amide bonds. The number of halogens is 1. The van der Waals surface area contributed by atoms with E-state index in [0.29, 0.717) is 0 Å². The molecule has 96 valence electrons. The first kappa shape index (κ1) is 13.2. The van der Waals surface area contributed by atoms with Crippen LogP contribution in [-0.2, 0) is 6.54 Å². The number of benzene rings is 1. The summed E-state index contributed by atoms with van der Waals surface area (Å²) in [6.07, 6.45) is 3.09. The van der Waals surface area contributed by atoms with Crippen LogP contribution in [0.3, 0.4) is 0 Å². The fourth-order valence-corrected chi connectivity index (χ4v) is 2.34. The van der Waals surface area contributed by atoms with Gasteiger partial charge in [-0.1, -0.05) is 28.1 Å². The molecule has 0 atom stereocenters. The number of hydrogen-bond acceptors (Lipinski definition) is 3. The van der Waals surface area contributed by atoms with E-state index < -0.39 is 0 Å². The Balaban J connectivity index is 2.13. The zero-order valence-electron chi connectivity index (χ0n) is 10.7. The van der Waals surface area contributed by atoms with Gasteiger partial charge in [0, 0.05) is 11.0 Å². The van der Waals surface area contributed by atoms with Crippen LogP contribution in [0.5, 0.6) is 0 Å². The topological polar surface area (TPSA) is 42.7 Å². The average molecular weight is 309 g/mol. The second-order valence-corrected chi connectivity index (χ2v) is 5.23. The third-order valence-electron chi connectivity index (χ3n) is 2.57. The van der Waals surface area contributed by atoms with Crippen molar-refractivity contribution in [3.8, 4) is 5.69 Å². The smallest absolute Gasteiger partial charge is 0.0969 e. The Hall–Kier alpha value is -1.20. The molecule has 0 radical (unpaired) electrons. The van der Waals surface area contributed by atoms with Crippen molar-refractivity contribution in [3.05, 3.63) is 40.1 Å². The Morgan fingerprint density at radius 1 is 1.33 bits per heavy atom. The molecule has 1 aromatic carbocycles. The number of nitrogens with one attached hydrogen (secondary N) is 1. The molecule has 1 heterocycles. The second-order valence-electron chi connectivity index (χ2n) is 4.32. The van der Waals surface area contributed by atoms with Crippen LogP contribution in [0.4, 0.5) is 0 Å². The number of aromatic nitrogens is 3. The molecule has 0 bridgehead atoms. The van der Waals surface area contributed by atoms with Crippen LogP contribution in [0.15, 0.2) is 28.9 Å². The fourth-order valence-electron chi connectivity index (χ4n) is 1.75. The lowest BCUT2D eigenvalue weighted by Crippen LogP contribution is -2.13. The Morgan fingerprint density at radius 2 is 2.17 bits per heavy atom. The van der Waals surface area contributed by atoms with Crippen LogP contribution < -0.4 is 5.32 Å². The SMILES string of the molecule is CCCNCc1cn(-c2cc(C)cc(Br)c2)nn1. The number of hydrogen-bond donors (Lipinski definition) is 1. The largest absolute Gasteiger partial charge is 0.311 e. The van der Waals surface area contributed by atoms with Crippen molar-refractivity contribution in [2.24, 2.45) is 0 Å². The van der Waals surface area contributed by atoms with Gasteiger partial charge in [-0.25, -0.2) is 4.68 Å². The fraction of sp³-hybridized carbons (Fsp3) is 0.385. The highest BCUT2D eigenvalue weighted by atomic mass is 79.9. The lowest BCUT2D eigenvalue weighted by molar-refractivity contribution is 0.662. The quantitative estimate of drug-likeness (QED) is 0.864. The van der Waals surface area contributed by atoms with E-state index in [9.17, 15) is 0 Å². The summed E-state index contributed by atoms with van der Waals surface area (Å²) in [6.45, 7) is 5.98. The van der Waals surface area contributed by atoms with Gasteiger partial charge in [0.1, 0.15) is 0 Å². The normalized spacial score (nSPS) is 10.8. The van der Waals surface area contributed by atoms with Gasteiger partial charge < -0.3 is 5.32 Å². The summed E-state index contributed by atoms with van der Waals surface area (Å²) in [5.74, 6) is 0. The third kappa shape index (κ3) is 3.40.